The molecule has 2 heteroatoms. The van der Waals surface area contributed by atoms with E-state index >= 15 is 0 Å². The third-order valence-corrected chi connectivity index (χ3v) is 3.64. The molecule has 0 aliphatic rings. The van der Waals surface area contributed by atoms with Gasteiger partial charge in [0.25, 0.3) is 0 Å². The zero-order chi connectivity index (χ0) is 13.8. The van der Waals surface area contributed by atoms with E-state index in [-0.39, 0.29) is 0 Å². The molecule has 0 N–H and O–H groups in total. The standard InChI is InChI=1S/C18H14BrN/c19-16-9-4-6-14(12-16)13-17-10-5-11-18(20-17)15-7-2-1-3-8-15/h1-12H,13H2. The van der Waals surface area contributed by atoms with Crippen molar-refractivity contribution in [2.24, 2.45) is 0 Å². The number of hydrogen-bond donors (Lipinski definition) is 0. The third-order valence-electron chi connectivity index (χ3n) is 3.15. The van der Waals surface area contributed by atoms with Gasteiger partial charge in [0.2, 0.25) is 0 Å². The van der Waals surface area contributed by atoms with Crippen molar-refractivity contribution in [3.8, 4) is 11.3 Å². The van der Waals surface area contributed by atoms with Crippen molar-refractivity contribution < 1.29 is 0 Å². The largest absolute Gasteiger partial charge is 0.252 e. The Bertz CT molecular complexity index is 707. The Morgan fingerprint density at radius 2 is 1.60 bits per heavy atom. The predicted molar refractivity (Wildman–Crippen MR) is 86.6 cm³/mol. The van der Waals surface area contributed by atoms with Crippen molar-refractivity contribution in [3.05, 3.63) is 88.5 Å². The molecule has 0 radical (unpaired) electrons. The molecule has 0 aliphatic heterocycles. The number of rotatable bonds is 3. The van der Waals surface area contributed by atoms with Crippen LogP contribution in [0.1, 0.15) is 11.3 Å². The molecule has 20 heavy (non-hydrogen) atoms. The third kappa shape index (κ3) is 3.14. The van der Waals surface area contributed by atoms with Gasteiger partial charge in [-0.3, -0.25) is 4.98 Å². The lowest BCUT2D eigenvalue weighted by Gasteiger charge is -2.05. The molecular formula is C18H14BrN. The fraction of sp³-hybridized carbons (Fsp3) is 0.0556. The maximum Gasteiger partial charge on any atom is 0.0705 e. The van der Waals surface area contributed by atoms with Gasteiger partial charge < -0.3 is 0 Å². The summed E-state index contributed by atoms with van der Waals surface area (Å²) >= 11 is 3.51. The summed E-state index contributed by atoms with van der Waals surface area (Å²) in [5.74, 6) is 0. The molecule has 0 bridgehead atoms. The van der Waals surface area contributed by atoms with Crippen molar-refractivity contribution in [2.75, 3.05) is 0 Å². The summed E-state index contributed by atoms with van der Waals surface area (Å²) in [4.78, 5) is 4.75. The second kappa shape index (κ2) is 6.02. The normalized spacial score (nSPS) is 10.4. The topological polar surface area (TPSA) is 12.9 Å². The molecule has 1 aromatic heterocycles. The number of aromatic nitrogens is 1. The van der Waals surface area contributed by atoms with Gasteiger partial charge in [-0.2, -0.15) is 0 Å². The molecule has 3 aromatic rings. The highest BCUT2D eigenvalue weighted by Crippen LogP contribution is 2.19. The molecule has 1 heterocycles. The first-order valence-corrected chi connectivity index (χ1v) is 7.36. The van der Waals surface area contributed by atoms with Crippen molar-refractivity contribution in [1.29, 1.82) is 0 Å². The highest BCUT2D eigenvalue weighted by Gasteiger charge is 2.02. The summed E-state index contributed by atoms with van der Waals surface area (Å²) in [6.07, 6.45) is 0.847. The number of benzene rings is 2. The maximum absolute atomic E-state index is 4.75. The molecule has 0 unspecified atom stereocenters. The van der Waals surface area contributed by atoms with Gasteiger partial charge in [-0.05, 0) is 29.8 Å². The molecule has 0 amide bonds. The number of halogens is 1. The molecule has 98 valence electrons. The van der Waals surface area contributed by atoms with Crippen LogP contribution in [0.4, 0.5) is 0 Å². The highest BCUT2D eigenvalue weighted by molar-refractivity contribution is 9.10. The quantitative estimate of drug-likeness (QED) is 0.653. The Labute approximate surface area is 127 Å². The molecule has 0 atom stereocenters. The van der Waals surface area contributed by atoms with Gasteiger partial charge in [-0.15, -0.1) is 0 Å². The van der Waals surface area contributed by atoms with Crippen LogP contribution in [0.2, 0.25) is 0 Å². The van der Waals surface area contributed by atoms with E-state index in [1.165, 1.54) is 5.56 Å². The van der Waals surface area contributed by atoms with Crippen molar-refractivity contribution >= 4 is 15.9 Å². The van der Waals surface area contributed by atoms with Crippen LogP contribution in [0, 0.1) is 0 Å². The van der Waals surface area contributed by atoms with Crippen LogP contribution in [0.25, 0.3) is 11.3 Å². The molecule has 0 saturated heterocycles. The van der Waals surface area contributed by atoms with Gasteiger partial charge in [0, 0.05) is 22.2 Å². The van der Waals surface area contributed by atoms with Crippen LogP contribution in [0.3, 0.4) is 0 Å². The van der Waals surface area contributed by atoms with E-state index in [4.69, 9.17) is 4.98 Å². The Balaban J connectivity index is 1.88. The lowest BCUT2D eigenvalue weighted by Crippen LogP contribution is -1.94. The van der Waals surface area contributed by atoms with E-state index in [1.54, 1.807) is 0 Å². The van der Waals surface area contributed by atoms with E-state index in [0.717, 1.165) is 27.8 Å². The van der Waals surface area contributed by atoms with Gasteiger partial charge in [0.15, 0.2) is 0 Å². The van der Waals surface area contributed by atoms with E-state index in [2.05, 4.69) is 64.5 Å². The smallest absolute Gasteiger partial charge is 0.0705 e. The zero-order valence-corrected chi connectivity index (χ0v) is 12.5. The van der Waals surface area contributed by atoms with Gasteiger partial charge in [-0.25, -0.2) is 0 Å². The van der Waals surface area contributed by atoms with Gasteiger partial charge in [-0.1, -0.05) is 64.5 Å². The maximum atomic E-state index is 4.75. The molecule has 0 spiro atoms. The molecule has 0 fully saturated rings. The lowest BCUT2D eigenvalue weighted by atomic mass is 10.1. The number of hydrogen-bond acceptors (Lipinski definition) is 1. The second-order valence-corrected chi connectivity index (χ2v) is 5.60. The first kappa shape index (κ1) is 13.1. The predicted octanol–water partition coefficient (Wildman–Crippen LogP) is 5.10. The highest BCUT2D eigenvalue weighted by atomic mass is 79.9. The first-order chi connectivity index (χ1) is 9.81. The molecule has 1 nitrogen and oxygen atoms in total. The zero-order valence-electron chi connectivity index (χ0n) is 11.0. The molecular weight excluding hydrogens is 310 g/mol. The van der Waals surface area contributed by atoms with Crippen molar-refractivity contribution in [1.82, 2.24) is 4.98 Å². The lowest BCUT2D eigenvalue weighted by molar-refractivity contribution is 1.08. The minimum Gasteiger partial charge on any atom is -0.252 e. The second-order valence-electron chi connectivity index (χ2n) is 4.69. The van der Waals surface area contributed by atoms with E-state index < -0.39 is 0 Å². The van der Waals surface area contributed by atoms with Crippen LogP contribution in [0.5, 0.6) is 0 Å². The fourth-order valence-corrected chi connectivity index (χ4v) is 2.65. The van der Waals surface area contributed by atoms with Gasteiger partial charge in [0.05, 0.1) is 5.69 Å². The Morgan fingerprint density at radius 3 is 2.40 bits per heavy atom. The van der Waals surface area contributed by atoms with Crippen LogP contribution < -0.4 is 0 Å². The van der Waals surface area contributed by atoms with E-state index in [0.29, 0.717) is 0 Å². The van der Waals surface area contributed by atoms with Gasteiger partial charge in [0.1, 0.15) is 0 Å². The average Bonchev–Trinajstić information content (AvgIpc) is 2.48. The van der Waals surface area contributed by atoms with Gasteiger partial charge >= 0.3 is 0 Å². The van der Waals surface area contributed by atoms with Crippen molar-refractivity contribution in [2.45, 2.75) is 6.42 Å². The number of nitrogens with zero attached hydrogens (tertiary/aromatic N) is 1. The van der Waals surface area contributed by atoms with Crippen LogP contribution in [0.15, 0.2) is 77.3 Å². The van der Waals surface area contributed by atoms with Crippen LogP contribution in [-0.2, 0) is 6.42 Å². The van der Waals surface area contributed by atoms with E-state index in [9.17, 15) is 0 Å². The monoisotopic (exact) mass is 323 g/mol. The van der Waals surface area contributed by atoms with Crippen LogP contribution >= 0.6 is 15.9 Å². The SMILES string of the molecule is Brc1cccc(Cc2cccc(-c3ccccc3)n2)c1. The summed E-state index contributed by atoms with van der Waals surface area (Å²) in [7, 11) is 0. The Morgan fingerprint density at radius 1 is 0.800 bits per heavy atom. The van der Waals surface area contributed by atoms with Crippen LogP contribution in [-0.4, -0.2) is 4.98 Å². The summed E-state index contributed by atoms with van der Waals surface area (Å²) in [5.41, 5.74) is 4.53. The minimum absolute atomic E-state index is 0.847. The molecule has 0 saturated carbocycles. The van der Waals surface area contributed by atoms with Crippen molar-refractivity contribution in [3.63, 3.8) is 0 Å². The summed E-state index contributed by atoms with van der Waals surface area (Å²) in [6.45, 7) is 0. The fourth-order valence-electron chi connectivity index (χ4n) is 2.20. The Hall–Kier alpha value is -1.93. The first-order valence-electron chi connectivity index (χ1n) is 6.57. The minimum atomic E-state index is 0.847. The number of pyridine rings is 1. The summed E-state index contributed by atoms with van der Waals surface area (Å²) < 4.78 is 1.11. The molecule has 2 aromatic carbocycles. The summed E-state index contributed by atoms with van der Waals surface area (Å²) in [5, 5.41) is 0. The summed E-state index contributed by atoms with van der Waals surface area (Å²) in [6, 6.07) is 24.8. The molecule has 3 rings (SSSR count). The Kier molecular flexibility index (Phi) is 3.93. The average molecular weight is 324 g/mol. The van der Waals surface area contributed by atoms with E-state index in [1.807, 2.05) is 24.3 Å². The molecule has 0 aliphatic carbocycles.